The highest BCUT2D eigenvalue weighted by molar-refractivity contribution is 6.07. The lowest BCUT2D eigenvalue weighted by Crippen LogP contribution is -2.38. The van der Waals surface area contributed by atoms with Crippen LogP contribution in [0, 0.1) is 0 Å². The molecule has 0 aliphatic carbocycles. The Kier molecular flexibility index (Phi) is 5.69. The molecule has 0 aliphatic rings. The first-order valence-corrected chi connectivity index (χ1v) is 7.91. The number of hydrogen-bond donors (Lipinski definition) is 1. The summed E-state index contributed by atoms with van der Waals surface area (Å²) in [5.74, 6) is 0.483. The fourth-order valence-corrected chi connectivity index (χ4v) is 2.22. The third kappa shape index (κ3) is 4.22. The van der Waals surface area contributed by atoms with Crippen LogP contribution in [0.5, 0.6) is 0 Å². The second-order valence-electron chi connectivity index (χ2n) is 5.70. The van der Waals surface area contributed by atoms with Gasteiger partial charge in [-0.25, -0.2) is 4.79 Å². The van der Waals surface area contributed by atoms with Gasteiger partial charge in [-0.1, -0.05) is 19.1 Å². The molecule has 2 aromatic rings. The van der Waals surface area contributed by atoms with Gasteiger partial charge in [0.2, 0.25) is 0 Å². The van der Waals surface area contributed by atoms with Gasteiger partial charge >= 0.3 is 11.9 Å². The molecule has 1 aromatic heterocycles. The van der Waals surface area contributed by atoms with Crippen molar-refractivity contribution in [3.8, 4) is 0 Å². The van der Waals surface area contributed by atoms with Crippen LogP contribution >= 0.6 is 0 Å². The summed E-state index contributed by atoms with van der Waals surface area (Å²) in [5, 5.41) is 2.88. The van der Waals surface area contributed by atoms with E-state index in [2.05, 4.69) is 10.3 Å². The predicted molar refractivity (Wildman–Crippen MR) is 93.7 cm³/mol. The number of amidine groups is 1. The molecule has 0 radical (unpaired) electrons. The minimum Gasteiger partial charge on any atom is -0.326 e. The summed E-state index contributed by atoms with van der Waals surface area (Å²) in [7, 11) is 2.84. The number of alkyl halides is 3. The maximum Gasteiger partial charge on any atom is 0.416 e. The van der Waals surface area contributed by atoms with E-state index in [4.69, 9.17) is 0 Å². The Morgan fingerprint density at radius 1 is 1.12 bits per heavy atom. The molecule has 0 saturated carbocycles. The first-order valence-electron chi connectivity index (χ1n) is 7.91. The van der Waals surface area contributed by atoms with Gasteiger partial charge in [0.15, 0.2) is 0 Å². The smallest absolute Gasteiger partial charge is 0.326 e. The fraction of sp³-hybridized carbons (Fsp3) is 0.353. The van der Waals surface area contributed by atoms with Gasteiger partial charge in [-0.3, -0.25) is 18.9 Å². The number of anilines is 1. The molecule has 6 nitrogen and oxygen atoms in total. The summed E-state index contributed by atoms with van der Waals surface area (Å²) in [6, 6.07) is 5.74. The number of hydrogen-bond acceptors (Lipinski definition) is 3. The van der Waals surface area contributed by atoms with Gasteiger partial charge in [0.25, 0.3) is 5.56 Å². The van der Waals surface area contributed by atoms with E-state index in [0.717, 1.165) is 23.1 Å². The topological polar surface area (TPSA) is 68.4 Å². The molecule has 0 unspecified atom stereocenters. The lowest BCUT2D eigenvalue weighted by atomic mass is 10.1. The zero-order valence-corrected chi connectivity index (χ0v) is 14.6. The van der Waals surface area contributed by atoms with Crippen molar-refractivity contribution in [1.29, 1.82) is 0 Å². The Hall–Kier alpha value is -2.84. The Morgan fingerprint density at radius 2 is 1.73 bits per heavy atom. The molecule has 0 spiro atoms. The number of nitrogens with zero attached hydrogens (tertiary/aromatic N) is 3. The molecular weight excluding hydrogens is 349 g/mol. The monoisotopic (exact) mass is 368 g/mol. The van der Waals surface area contributed by atoms with Gasteiger partial charge < -0.3 is 5.32 Å². The Morgan fingerprint density at radius 3 is 2.27 bits per heavy atom. The number of halogens is 3. The summed E-state index contributed by atoms with van der Waals surface area (Å²) in [6.45, 7) is 2.34. The Balaban J connectivity index is 2.44. The first kappa shape index (κ1) is 19.5. The maximum atomic E-state index is 12.7. The Labute approximate surface area is 147 Å². The first-order chi connectivity index (χ1) is 12.1. The van der Waals surface area contributed by atoms with Crippen molar-refractivity contribution in [3.63, 3.8) is 0 Å². The van der Waals surface area contributed by atoms with E-state index in [1.807, 2.05) is 6.92 Å². The summed E-state index contributed by atoms with van der Waals surface area (Å²) in [4.78, 5) is 28.2. The summed E-state index contributed by atoms with van der Waals surface area (Å²) in [5.41, 5.74) is -1.38. The van der Waals surface area contributed by atoms with E-state index in [1.54, 1.807) is 0 Å². The van der Waals surface area contributed by atoms with Crippen LogP contribution in [-0.4, -0.2) is 21.5 Å². The van der Waals surface area contributed by atoms with Gasteiger partial charge in [0, 0.05) is 32.3 Å². The number of benzene rings is 1. The average molecular weight is 368 g/mol. The van der Waals surface area contributed by atoms with E-state index in [1.165, 1.54) is 36.9 Å². The molecule has 9 heteroatoms. The molecule has 0 saturated heterocycles. The van der Waals surface area contributed by atoms with Crippen LogP contribution in [0.1, 0.15) is 24.5 Å². The minimum atomic E-state index is -4.43. The predicted octanol–water partition coefficient (Wildman–Crippen LogP) is 2.37. The van der Waals surface area contributed by atoms with Crippen molar-refractivity contribution in [2.24, 2.45) is 19.1 Å². The van der Waals surface area contributed by atoms with Crippen molar-refractivity contribution < 1.29 is 13.2 Å². The van der Waals surface area contributed by atoms with E-state index >= 15 is 0 Å². The van der Waals surface area contributed by atoms with E-state index in [0.29, 0.717) is 12.1 Å². The molecule has 26 heavy (non-hydrogen) atoms. The van der Waals surface area contributed by atoms with Gasteiger partial charge in [-0.05, 0) is 18.6 Å². The highest BCUT2D eigenvalue weighted by atomic mass is 19.4. The van der Waals surface area contributed by atoms with Gasteiger partial charge in [0.1, 0.15) is 11.7 Å². The second-order valence-corrected chi connectivity index (χ2v) is 5.70. The zero-order valence-electron chi connectivity index (χ0n) is 14.6. The van der Waals surface area contributed by atoms with Crippen LogP contribution in [0.3, 0.4) is 0 Å². The molecule has 1 aromatic carbocycles. The highest BCUT2D eigenvalue weighted by Crippen LogP contribution is 2.29. The number of nitrogens with one attached hydrogen (secondary N) is 1. The van der Waals surface area contributed by atoms with Crippen LogP contribution in [0.25, 0.3) is 0 Å². The van der Waals surface area contributed by atoms with Crippen LogP contribution in [-0.2, 0) is 20.3 Å². The molecule has 140 valence electrons. The largest absolute Gasteiger partial charge is 0.416 e. The molecule has 2 rings (SSSR count). The van der Waals surface area contributed by atoms with E-state index in [-0.39, 0.29) is 11.7 Å². The van der Waals surface area contributed by atoms with E-state index in [9.17, 15) is 22.8 Å². The lowest BCUT2D eigenvalue weighted by Gasteiger charge is -2.15. The Bertz CT molecular complexity index is 925. The highest BCUT2D eigenvalue weighted by Gasteiger charge is 2.30. The van der Waals surface area contributed by atoms with Gasteiger partial charge in [-0.15, -0.1) is 0 Å². The third-order valence-corrected chi connectivity index (χ3v) is 3.75. The standard InChI is InChI=1S/C17H19F3N4O2/c1-4-9-21-15(11-5-7-12(8-6-11)17(18,19)20)22-13-10-14(25)24(3)16(26)23(13)2/h5-8,10H,4,9H2,1-3H3,(H,21,22). The molecular formula is C17H19F3N4O2. The molecule has 0 amide bonds. The number of aliphatic imine (C=N–C) groups is 1. The molecule has 0 fully saturated rings. The van der Waals surface area contributed by atoms with Crippen molar-refractivity contribution in [3.05, 3.63) is 62.3 Å². The fourth-order valence-electron chi connectivity index (χ4n) is 2.22. The van der Waals surface area contributed by atoms with Gasteiger partial charge in [-0.2, -0.15) is 13.2 Å². The second kappa shape index (κ2) is 7.59. The molecule has 1 heterocycles. The quantitative estimate of drug-likeness (QED) is 0.666. The summed E-state index contributed by atoms with van der Waals surface area (Å²) in [6.07, 6.45) is -3.70. The van der Waals surface area contributed by atoms with E-state index < -0.39 is 23.0 Å². The van der Waals surface area contributed by atoms with Crippen LogP contribution in [0.2, 0.25) is 0 Å². The molecule has 1 N–H and O–H groups in total. The van der Waals surface area contributed by atoms with Crippen molar-refractivity contribution in [2.45, 2.75) is 19.5 Å². The summed E-state index contributed by atoms with van der Waals surface area (Å²) >= 11 is 0. The zero-order chi connectivity index (χ0) is 19.5. The van der Waals surface area contributed by atoms with Crippen LogP contribution < -0.4 is 16.6 Å². The molecule has 0 bridgehead atoms. The molecule has 0 aliphatic heterocycles. The number of aromatic nitrogens is 2. The minimum absolute atomic E-state index is 0.202. The van der Waals surface area contributed by atoms with Crippen LogP contribution in [0.15, 0.2) is 44.9 Å². The van der Waals surface area contributed by atoms with Gasteiger partial charge in [0.05, 0.1) is 5.56 Å². The van der Waals surface area contributed by atoms with Crippen LogP contribution in [0.4, 0.5) is 19.0 Å². The normalized spacial score (nSPS) is 12.3. The lowest BCUT2D eigenvalue weighted by molar-refractivity contribution is -0.137. The van der Waals surface area contributed by atoms with Crippen molar-refractivity contribution >= 4 is 11.7 Å². The molecule has 0 atom stereocenters. The third-order valence-electron chi connectivity index (χ3n) is 3.75. The maximum absolute atomic E-state index is 12.7. The summed E-state index contributed by atoms with van der Waals surface area (Å²) < 4.78 is 40.4. The van der Waals surface area contributed by atoms with Crippen molar-refractivity contribution in [2.75, 3.05) is 11.9 Å². The van der Waals surface area contributed by atoms with Crippen molar-refractivity contribution in [1.82, 2.24) is 9.13 Å². The SMILES string of the molecule is CCCN=C(Nc1cc(=O)n(C)c(=O)n1C)c1ccc(C(F)(F)F)cc1. The number of rotatable bonds is 4. The average Bonchev–Trinajstić information content (AvgIpc) is 2.60.